The van der Waals surface area contributed by atoms with Gasteiger partial charge in [0.15, 0.2) is 0 Å². The van der Waals surface area contributed by atoms with Crippen molar-refractivity contribution in [3.63, 3.8) is 0 Å². The van der Waals surface area contributed by atoms with Crippen LogP contribution >= 0.6 is 24.8 Å². The average Bonchev–Trinajstić information content (AvgIpc) is 2.28. The van der Waals surface area contributed by atoms with Crippen molar-refractivity contribution in [3.8, 4) is 0 Å². The summed E-state index contributed by atoms with van der Waals surface area (Å²) < 4.78 is 1.59. The Morgan fingerprint density at radius 1 is 1.28 bits per heavy atom. The number of para-hydroxylation sites is 1. The van der Waals surface area contributed by atoms with E-state index in [0.29, 0.717) is 18.1 Å². The number of hydrogen-bond acceptors (Lipinski definition) is 3. The molecule has 0 aliphatic rings. The van der Waals surface area contributed by atoms with E-state index in [1.54, 1.807) is 17.0 Å². The quantitative estimate of drug-likeness (QED) is 0.942. The normalized spacial score (nSPS) is 9.94. The molecule has 100 valence electrons. The molecule has 0 amide bonds. The van der Waals surface area contributed by atoms with Crippen LogP contribution in [0.15, 0.2) is 35.4 Å². The number of halogens is 2. The number of nitrogens with zero attached hydrogens (tertiary/aromatic N) is 2. The standard InChI is InChI=1S/C12H15N3O.2ClH/c1-9(2)13-7-15-8-14-11-6-4-3-5-10(11)12(15)16;;/h3-6,8-9,13H,7H2,1-2H3;2*1H. The van der Waals surface area contributed by atoms with Crippen LogP contribution in [0.5, 0.6) is 0 Å². The van der Waals surface area contributed by atoms with Crippen LogP contribution in [0.1, 0.15) is 13.8 Å². The molecule has 0 bridgehead atoms. The molecule has 0 spiro atoms. The minimum Gasteiger partial charge on any atom is -0.297 e. The minimum atomic E-state index is -0.00116. The number of rotatable bonds is 3. The predicted molar refractivity (Wildman–Crippen MR) is 78.8 cm³/mol. The molecule has 1 aromatic carbocycles. The zero-order valence-electron chi connectivity index (χ0n) is 10.3. The van der Waals surface area contributed by atoms with Crippen LogP contribution in [-0.2, 0) is 6.67 Å². The summed E-state index contributed by atoms with van der Waals surface area (Å²) in [6, 6.07) is 7.73. The second kappa shape index (κ2) is 7.36. The predicted octanol–water partition coefficient (Wildman–Crippen LogP) is 2.20. The smallest absolute Gasteiger partial charge is 0.262 e. The molecule has 0 saturated heterocycles. The van der Waals surface area contributed by atoms with E-state index in [0.717, 1.165) is 5.52 Å². The molecule has 0 unspecified atom stereocenters. The molecule has 0 atom stereocenters. The fourth-order valence-corrected chi connectivity index (χ4v) is 1.50. The third-order valence-electron chi connectivity index (χ3n) is 2.40. The van der Waals surface area contributed by atoms with Crippen molar-refractivity contribution in [2.24, 2.45) is 0 Å². The Hall–Kier alpha value is -1.10. The van der Waals surface area contributed by atoms with Gasteiger partial charge in [-0.1, -0.05) is 12.1 Å². The Kier molecular flexibility index (Phi) is 6.91. The third kappa shape index (κ3) is 3.70. The summed E-state index contributed by atoms with van der Waals surface area (Å²) in [5, 5.41) is 3.85. The van der Waals surface area contributed by atoms with Gasteiger partial charge in [0.1, 0.15) is 0 Å². The molecule has 1 heterocycles. The van der Waals surface area contributed by atoms with E-state index in [2.05, 4.69) is 10.3 Å². The summed E-state index contributed by atoms with van der Waals surface area (Å²) in [5.41, 5.74) is 0.743. The summed E-state index contributed by atoms with van der Waals surface area (Å²) in [4.78, 5) is 16.3. The summed E-state index contributed by atoms with van der Waals surface area (Å²) in [5.74, 6) is 0. The Bertz CT molecular complexity index is 554. The Morgan fingerprint density at radius 3 is 2.61 bits per heavy atom. The molecule has 1 N–H and O–H groups in total. The first-order valence-corrected chi connectivity index (χ1v) is 5.36. The zero-order valence-corrected chi connectivity index (χ0v) is 11.9. The summed E-state index contributed by atoms with van der Waals surface area (Å²) in [6.45, 7) is 4.58. The topological polar surface area (TPSA) is 46.9 Å². The lowest BCUT2D eigenvalue weighted by molar-refractivity contribution is 0.487. The van der Waals surface area contributed by atoms with Gasteiger partial charge in [0.2, 0.25) is 0 Å². The van der Waals surface area contributed by atoms with Crippen LogP contribution in [-0.4, -0.2) is 15.6 Å². The lowest BCUT2D eigenvalue weighted by atomic mass is 10.2. The molecule has 0 radical (unpaired) electrons. The average molecular weight is 290 g/mol. The van der Waals surface area contributed by atoms with Crippen molar-refractivity contribution in [1.29, 1.82) is 0 Å². The fraction of sp³-hybridized carbons (Fsp3) is 0.333. The van der Waals surface area contributed by atoms with Crippen LogP contribution in [0.3, 0.4) is 0 Å². The van der Waals surface area contributed by atoms with Crippen LogP contribution in [0.2, 0.25) is 0 Å². The van der Waals surface area contributed by atoms with Crippen molar-refractivity contribution in [3.05, 3.63) is 40.9 Å². The molecule has 1 aromatic heterocycles. The molecule has 18 heavy (non-hydrogen) atoms. The van der Waals surface area contributed by atoms with Crippen molar-refractivity contribution in [2.45, 2.75) is 26.6 Å². The number of benzene rings is 1. The first-order chi connectivity index (χ1) is 7.68. The minimum absolute atomic E-state index is 0. The maximum atomic E-state index is 12.0. The monoisotopic (exact) mass is 289 g/mol. The fourth-order valence-electron chi connectivity index (χ4n) is 1.50. The van der Waals surface area contributed by atoms with Gasteiger partial charge >= 0.3 is 0 Å². The van der Waals surface area contributed by atoms with E-state index < -0.39 is 0 Å². The number of aromatic nitrogens is 2. The molecule has 6 heteroatoms. The first kappa shape index (κ1) is 16.9. The number of nitrogens with one attached hydrogen (secondary N) is 1. The van der Waals surface area contributed by atoms with E-state index >= 15 is 0 Å². The highest BCUT2D eigenvalue weighted by atomic mass is 35.5. The van der Waals surface area contributed by atoms with E-state index in [-0.39, 0.29) is 30.4 Å². The van der Waals surface area contributed by atoms with E-state index in [1.165, 1.54) is 0 Å². The Morgan fingerprint density at radius 2 is 1.94 bits per heavy atom. The Labute approximate surface area is 118 Å². The molecule has 0 fully saturated rings. The van der Waals surface area contributed by atoms with Gasteiger partial charge in [-0.15, -0.1) is 24.8 Å². The molecule has 2 rings (SSSR count). The van der Waals surface area contributed by atoms with Gasteiger partial charge in [0.25, 0.3) is 5.56 Å². The summed E-state index contributed by atoms with van der Waals surface area (Å²) >= 11 is 0. The third-order valence-corrected chi connectivity index (χ3v) is 2.40. The Balaban J connectivity index is 0.00000144. The first-order valence-electron chi connectivity index (χ1n) is 5.36. The van der Waals surface area contributed by atoms with Gasteiger partial charge < -0.3 is 0 Å². The molecule has 0 aliphatic carbocycles. The molecular weight excluding hydrogens is 273 g/mol. The highest BCUT2D eigenvalue weighted by molar-refractivity contribution is 5.85. The molecular formula is C12H17Cl2N3O. The van der Waals surface area contributed by atoms with Crippen LogP contribution < -0.4 is 10.9 Å². The van der Waals surface area contributed by atoms with Gasteiger partial charge in [-0.3, -0.25) is 14.7 Å². The van der Waals surface area contributed by atoms with E-state index in [1.807, 2.05) is 32.0 Å². The van der Waals surface area contributed by atoms with Crippen molar-refractivity contribution >= 4 is 35.7 Å². The van der Waals surface area contributed by atoms with E-state index in [9.17, 15) is 4.79 Å². The van der Waals surface area contributed by atoms with Gasteiger partial charge in [0, 0.05) is 6.04 Å². The van der Waals surface area contributed by atoms with Gasteiger partial charge in [-0.2, -0.15) is 0 Å². The van der Waals surface area contributed by atoms with Gasteiger partial charge in [-0.05, 0) is 26.0 Å². The SMILES string of the molecule is CC(C)NCn1cnc2ccccc2c1=O.Cl.Cl. The largest absolute Gasteiger partial charge is 0.297 e. The van der Waals surface area contributed by atoms with Gasteiger partial charge in [0.05, 0.1) is 23.9 Å². The second-order valence-electron chi connectivity index (χ2n) is 4.05. The highest BCUT2D eigenvalue weighted by Crippen LogP contribution is 2.04. The molecule has 0 saturated carbocycles. The number of fused-ring (bicyclic) bond motifs is 1. The van der Waals surface area contributed by atoms with Crippen LogP contribution in [0.25, 0.3) is 10.9 Å². The lowest BCUT2D eigenvalue weighted by Crippen LogP contribution is -2.32. The second-order valence-corrected chi connectivity index (χ2v) is 4.05. The van der Waals surface area contributed by atoms with E-state index in [4.69, 9.17) is 0 Å². The van der Waals surface area contributed by atoms with Crippen molar-refractivity contribution in [1.82, 2.24) is 14.9 Å². The maximum absolute atomic E-state index is 12.0. The van der Waals surface area contributed by atoms with Crippen LogP contribution in [0, 0.1) is 0 Å². The number of hydrogen-bond donors (Lipinski definition) is 1. The van der Waals surface area contributed by atoms with Crippen LogP contribution in [0.4, 0.5) is 0 Å². The highest BCUT2D eigenvalue weighted by Gasteiger charge is 2.02. The zero-order chi connectivity index (χ0) is 11.5. The molecule has 4 nitrogen and oxygen atoms in total. The summed E-state index contributed by atoms with van der Waals surface area (Å²) in [7, 11) is 0. The molecule has 0 aliphatic heterocycles. The van der Waals surface area contributed by atoms with Crippen molar-refractivity contribution < 1.29 is 0 Å². The lowest BCUT2D eigenvalue weighted by Gasteiger charge is -2.10. The van der Waals surface area contributed by atoms with Crippen molar-refractivity contribution in [2.75, 3.05) is 0 Å². The maximum Gasteiger partial charge on any atom is 0.262 e. The van der Waals surface area contributed by atoms with Gasteiger partial charge in [-0.25, -0.2) is 4.98 Å². The summed E-state index contributed by atoms with van der Waals surface area (Å²) in [6.07, 6.45) is 1.58. The molecule has 2 aromatic rings.